The number of likely N-dealkylation sites (tertiary alicyclic amines) is 1. The summed E-state index contributed by atoms with van der Waals surface area (Å²) in [5.41, 5.74) is 0.445. The number of nitrogens with one attached hydrogen (secondary N) is 1. The number of carbonyl (C=O) groups excluding carboxylic acids is 1. The molecule has 7 nitrogen and oxygen atoms in total. The number of fused-ring (bicyclic) bond motifs is 1. The predicted octanol–water partition coefficient (Wildman–Crippen LogP) is 5.60. The lowest BCUT2D eigenvalue weighted by atomic mass is 9.75. The largest absolute Gasteiger partial charge is 0.484 e. The molecule has 9 heteroatoms. The van der Waals surface area contributed by atoms with Gasteiger partial charge in [0.15, 0.2) is 28.8 Å². The molecule has 37 heavy (non-hydrogen) atoms. The minimum absolute atomic E-state index is 0.0261. The zero-order valence-corrected chi connectivity index (χ0v) is 21.7. The van der Waals surface area contributed by atoms with E-state index in [2.05, 4.69) is 33.9 Å². The quantitative estimate of drug-likeness (QED) is 0.470. The summed E-state index contributed by atoms with van der Waals surface area (Å²) in [6.07, 6.45) is 7.14. The van der Waals surface area contributed by atoms with E-state index < -0.39 is 17.5 Å². The van der Waals surface area contributed by atoms with Gasteiger partial charge in [-0.25, -0.2) is 8.78 Å². The van der Waals surface area contributed by atoms with E-state index in [1.807, 2.05) is 0 Å². The van der Waals surface area contributed by atoms with Crippen LogP contribution < -0.4 is 15.0 Å². The van der Waals surface area contributed by atoms with Gasteiger partial charge in [0.1, 0.15) is 0 Å². The first-order chi connectivity index (χ1) is 17.9. The first-order valence-corrected chi connectivity index (χ1v) is 13.8. The Morgan fingerprint density at radius 2 is 1.76 bits per heavy atom. The molecule has 0 spiro atoms. The van der Waals surface area contributed by atoms with Crippen LogP contribution in [0.4, 0.5) is 20.5 Å². The van der Waals surface area contributed by atoms with E-state index in [9.17, 15) is 13.6 Å². The summed E-state index contributed by atoms with van der Waals surface area (Å²) in [6.45, 7) is 8.43. The fourth-order valence-electron chi connectivity index (χ4n) is 6.36. The van der Waals surface area contributed by atoms with Crippen LogP contribution in [0.1, 0.15) is 75.0 Å². The number of anilines is 2. The maximum Gasteiger partial charge on any atom is 0.298 e. The van der Waals surface area contributed by atoms with Crippen LogP contribution in [0.5, 0.6) is 5.75 Å². The van der Waals surface area contributed by atoms with E-state index in [1.54, 1.807) is 0 Å². The van der Waals surface area contributed by atoms with Gasteiger partial charge in [-0.05, 0) is 69.9 Å². The summed E-state index contributed by atoms with van der Waals surface area (Å²) in [4.78, 5) is 22.1. The molecule has 1 aromatic carbocycles. The molecule has 2 aliphatic carbocycles. The van der Waals surface area contributed by atoms with E-state index in [1.165, 1.54) is 6.42 Å². The lowest BCUT2D eigenvalue weighted by molar-refractivity contribution is 0.101. The summed E-state index contributed by atoms with van der Waals surface area (Å²) in [5.74, 6) is -0.751. The van der Waals surface area contributed by atoms with Gasteiger partial charge < -0.3 is 19.4 Å². The van der Waals surface area contributed by atoms with Gasteiger partial charge in [0.05, 0.1) is 12.6 Å². The van der Waals surface area contributed by atoms with Crippen molar-refractivity contribution in [2.45, 2.75) is 71.4 Å². The number of hydrogen-bond acceptors (Lipinski definition) is 6. The van der Waals surface area contributed by atoms with Crippen LogP contribution >= 0.6 is 0 Å². The molecule has 1 N–H and O–H groups in total. The molecule has 2 aliphatic heterocycles. The second-order valence-corrected chi connectivity index (χ2v) is 11.5. The van der Waals surface area contributed by atoms with Crippen LogP contribution in [0, 0.1) is 28.9 Å². The van der Waals surface area contributed by atoms with Crippen LogP contribution in [0.15, 0.2) is 16.5 Å². The Morgan fingerprint density at radius 1 is 1.11 bits per heavy atom. The summed E-state index contributed by atoms with van der Waals surface area (Å²) in [5, 5.41) is 2.63. The topological polar surface area (TPSA) is 70.8 Å². The van der Waals surface area contributed by atoms with E-state index in [0.29, 0.717) is 30.2 Å². The van der Waals surface area contributed by atoms with Crippen molar-refractivity contribution >= 4 is 17.6 Å². The van der Waals surface area contributed by atoms with Gasteiger partial charge >= 0.3 is 0 Å². The van der Waals surface area contributed by atoms with Gasteiger partial charge in [0.25, 0.3) is 11.9 Å². The number of halogens is 2. The SMILES string of the molecule is CCC1(CC)CN(c2nc(C(=O)Nc3cc(F)c(OC4CC5CC5C4)c(F)c3)c(CN3CCCC3)o2)C1. The number of carbonyl (C=O) groups is 1. The van der Waals surface area contributed by atoms with Gasteiger partial charge in [-0.2, -0.15) is 4.98 Å². The number of aromatic nitrogens is 1. The van der Waals surface area contributed by atoms with Crippen molar-refractivity contribution in [2.75, 3.05) is 36.4 Å². The Balaban J connectivity index is 1.18. The number of amides is 1. The van der Waals surface area contributed by atoms with Crippen molar-refractivity contribution < 1.29 is 22.7 Å². The molecule has 4 aliphatic rings. The third kappa shape index (κ3) is 4.82. The Morgan fingerprint density at radius 3 is 2.38 bits per heavy atom. The van der Waals surface area contributed by atoms with Gasteiger partial charge in [0.2, 0.25) is 0 Å². The summed E-state index contributed by atoms with van der Waals surface area (Å²) < 4.78 is 41.4. The fourth-order valence-corrected chi connectivity index (χ4v) is 6.36. The highest BCUT2D eigenvalue weighted by Gasteiger charge is 2.47. The molecule has 2 aromatic rings. The van der Waals surface area contributed by atoms with Gasteiger partial charge in [-0.3, -0.25) is 9.69 Å². The summed E-state index contributed by atoms with van der Waals surface area (Å²) >= 11 is 0. The molecule has 2 saturated heterocycles. The van der Waals surface area contributed by atoms with Gasteiger partial charge in [0, 0.05) is 36.3 Å². The Bertz CT molecular complexity index is 1130. The Hall–Kier alpha value is -2.68. The highest BCUT2D eigenvalue weighted by atomic mass is 19.1. The third-order valence-corrected chi connectivity index (χ3v) is 9.03. The monoisotopic (exact) mass is 514 g/mol. The average Bonchev–Trinajstić information content (AvgIpc) is 3.24. The van der Waals surface area contributed by atoms with Crippen LogP contribution in [0.3, 0.4) is 0 Å². The summed E-state index contributed by atoms with van der Waals surface area (Å²) in [7, 11) is 0. The first kappa shape index (κ1) is 24.6. The zero-order valence-electron chi connectivity index (χ0n) is 21.7. The molecule has 3 heterocycles. The molecule has 200 valence electrons. The van der Waals surface area contributed by atoms with Crippen molar-refractivity contribution in [3.05, 3.63) is 35.2 Å². The molecular weight excluding hydrogens is 478 g/mol. The minimum Gasteiger partial charge on any atom is -0.484 e. The first-order valence-electron chi connectivity index (χ1n) is 13.8. The molecule has 6 rings (SSSR count). The lowest BCUT2D eigenvalue weighted by Gasteiger charge is -2.49. The molecule has 2 unspecified atom stereocenters. The predicted molar refractivity (Wildman–Crippen MR) is 136 cm³/mol. The summed E-state index contributed by atoms with van der Waals surface area (Å²) in [6, 6.07) is 2.66. The van der Waals surface area contributed by atoms with Crippen LogP contribution in [0.25, 0.3) is 0 Å². The van der Waals surface area contributed by atoms with Crippen molar-refractivity contribution in [1.82, 2.24) is 9.88 Å². The maximum absolute atomic E-state index is 14.8. The van der Waals surface area contributed by atoms with Crippen molar-refractivity contribution in [2.24, 2.45) is 17.3 Å². The number of oxazole rings is 1. The van der Waals surface area contributed by atoms with Crippen LogP contribution in [0.2, 0.25) is 0 Å². The standard InChI is InChI=1S/C28H36F2N4O3/c1-3-28(4-2)15-34(16-28)27-32-24(23(37-27)14-33-7-5-6-8-33)26(35)31-19-12-21(29)25(22(30)13-19)36-20-10-17-9-18(17)11-20/h12-13,17-18,20H,3-11,14-16H2,1-2H3,(H,31,35). The van der Waals surface area contributed by atoms with Gasteiger partial charge in [-0.1, -0.05) is 13.8 Å². The second-order valence-electron chi connectivity index (χ2n) is 11.5. The van der Waals surface area contributed by atoms with Crippen molar-refractivity contribution in [3.8, 4) is 5.75 Å². The maximum atomic E-state index is 14.8. The molecule has 0 bridgehead atoms. The highest BCUT2D eigenvalue weighted by Crippen LogP contribution is 2.52. The number of nitrogens with zero attached hydrogens (tertiary/aromatic N) is 3. The number of rotatable bonds is 9. The lowest BCUT2D eigenvalue weighted by Crippen LogP contribution is -2.56. The second kappa shape index (κ2) is 9.57. The third-order valence-electron chi connectivity index (χ3n) is 9.03. The van der Waals surface area contributed by atoms with Crippen LogP contribution in [-0.2, 0) is 6.54 Å². The molecule has 2 saturated carbocycles. The fraction of sp³-hybridized carbons (Fsp3) is 0.643. The molecule has 2 atom stereocenters. The molecule has 0 radical (unpaired) electrons. The normalized spacial score (nSPS) is 26.2. The number of hydrogen-bond donors (Lipinski definition) is 1. The zero-order chi connectivity index (χ0) is 25.7. The smallest absolute Gasteiger partial charge is 0.298 e. The van der Waals surface area contributed by atoms with E-state index in [-0.39, 0.29) is 28.6 Å². The van der Waals surface area contributed by atoms with E-state index in [0.717, 1.165) is 76.8 Å². The van der Waals surface area contributed by atoms with E-state index in [4.69, 9.17) is 9.15 Å². The molecule has 1 aromatic heterocycles. The van der Waals surface area contributed by atoms with E-state index >= 15 is 0 Å². The highest BCUT2D eigenvalue weighted by molar-refractivity contribution is 6.03. The minimum atomic E-state index is -0.815. The Labute approximate surface area is 216 Å². The van der Waals surface area contributed by atoms with Crippen molar-refractivity contribution in [3.63, 3.8) is 0 Å². The van der Waals surface area contributed by atoms with Crippen molar-refractivity contribution in [1.29, 1.82) is 0 Å². The molecular formula is C28H36F2N4O3. The van der Waals surface area contributed by atoms with Crippen LogP contribution in [-0.4, -0.2) is 48.1 Å². The molecule has 1 amide bonds. The number of benzene rings is 1. The molecule has 4 fully saturated rings. The number of ether oxygens (including phenoxy) is 1. The van der Waals surface area contributed by atoms with Gasteiger partial charge in [-0.15, -0.1) is 0 Å². The Kier molecular flexibility index (Phi) is 6.37. The average molecular weight is 515 g/mol.